The summed E-state index contributed by atoms with van der Waals surface area (Å²) >= 11 is 0. The quantitative estimate of drug-likeness (QED) is 0.608. The summed E-state index contributed by atoms with van der Waals surface area (Å²) in [5, 5.41) is 3.37. The molecule has 10 heteroatoms. The zero-order valence-electron chi connectivity index (χ0n) is 23.5. The summed E-state index contributed by atoms with van der Waals surface area (Å²) in [6.07, 6.45) is 17.9. The topological polar surface area (TPSA) is 95.3 Å². The number of rotatable bonds is 6. The van der Waals surface area contributed by atoms with Gasteiger partial charge in [-0.3, -0.25) is 19.0 Å². The second kappa shape index (κ2) is 13.4. The SMILES string of the molecule is CC.CN(C)C1=CC=CC(c2nc3cnccn3c2NCC(=O)N2CCCN(C(=O)C3CCCO3)CC2)C=C1. The molecule has 1 N–H and O–H groups in total. The number of nitrogens with zero attached hydrogens (tertiary/aromatic N) is 6. The molecule has 2 amide bonds. The summed E-state index contributed by atoms with van der Waals surface area (Å²) in [7, 11) is 4.03. The lowest BCUT2D eigenvalue weighted by molar-refractivity contribution is -0.141. The molecule has 2 saturated heterocycles. The molecule has 0 bridgehead atoms. The number of ether oxygens (including phenoxy) is 1. The molecule has 5 rings (SSSR count). The van der Waals surface area contributed by atoms with Gasteiger partial charge in [0.1, 0.15) is 11.9 Å². The van der Waals surface area contributed by atoms with Crippen LogP contribution in [-0.2, 0) is 14.3 Å². The first-order valence-corrected chi connectivity index (χ1v) is 14.0. The van der Waals surface area contributed by atoms with Crippen LogP contribution in [0.15, 0.2) is 54.7 Å². The minimum Gasteiger partial charge on any atom is -0.378 e. The van der Waals surface area contributed by atoms with Crippen LogP contribution in [0.25, 0.3) is 5.65 Å². The van der Waals surface area contributed by atoms with Crippen LogP contribution >= 0.6 is 0 Å². The van der Waals surface area contributed by atoms with E-state index in [4.69, 9.17) is 9.72 Å². The second-order valence-electron chi connectivity index (χ2n) is 9.82. The summed E-state index contributed by atoms with van der Waals surface area (Å²) in [5.74, 6) is 0.792. The average Bonchev–Trinajstić information content (AvgIpc) is 3.45. The summed E-state index contributed by atoms with van der Waals surface area (Å²) in [4.78, 5) is 40.8. The van der Waals surface area contributed by atoms with Crippen molar-refractivity contribution in [3.8, 4) is 0 Å². The van der Waals surface area contributed by atoms with E-state index in [9.17, 15) is 9.59 Å². The maximum atomic E-state index is 13.2. The number of anilines is 1. The van der Waals surface area contributed by atoms with Gasteiger partial charge in [0.05, 0.1) is 18.4 Å². The van der Waals surface area contributed by atoms with Crippen molar-refractivity contribution < 1.29 is 14.3 Å². The molecular formula is C29H41N7O3. The maximum Gasteiger partial charge on any atom is 0.251 e. The molecule has 2 unspecified atom stereocenters. The van der Waals surface area contributed by atoms with Gasteiger partial charge in [0.15, 0.2) is 5.65 Å². The van der Waals surface area contributed by atoms with Crippen molar-refractivity contribution in [3.05, 3.63) is 60.4 Å². The van der Waals surface area contributed by atoms with E-state index in [1.54, 1.807) is 12.4 Å². The molecule has 39 heavy (non-hydrogen) atoms. The van der Waals surface area contributed by atoms with Crippen LogP contribution in [0.4, 0.5) is 5.82 Å². The number of hydrogen-bond donors (Lipinski definition) is 1. The highest BCUT2D eigenvalue weighted by Crippen LogP contribution is 2.29. The Bertz CT molecular complexity index is 1230. The van der Waals surface area contributed by atoms with Crippen LogP contribution in [0, 0.1) is 0 Å². The van der Waals surface area contributed by atoms with E-state index in [0.29, 0.717) is 32.8 Å². The molecule has 0 radical (unpaired) electrons. The number of likely N-dealkylation sites (N-methyl/N-ethyl adjacent to an activating group) is 1. The smallest absolute Gasteiger partial charge is 0.251 e. The van der Waals surface area contributed by atoms with Crippen LogP contribution in [0.1, 0.15) is 44.7 Å². The van der Waals surface area contributed by atoms with E-state index < -0.39 is 0 Å². The van der Waals surface area contributed by atoms with E-state index in [1.165, 1.54) is 0 Å². The number of allylic oxidation sites excluding steroid dienone is 5. The fourth-order valence-corrected chi connectivity index (χ4v) is 5.04. The van der Waals surface area contributed by atoms with Crippen LogP contribution < -0.4 is 5.32 Å². The molecule has 3 aliphatic rings. The first-order chi connectivity index (χ1) is 19.0. The Morgan fingerprint density at radius 2 is 1.90 bits per heavy atom. The molecule has 210 valence electrons. The third-order valence-corrected chi connectivity index (χ3v) is 7.12. The zero-order valence-corrected chi connectivity index (χ0v) is 23.5. The molecule has 2 aliphatic heterocycles. The molecule has 0 aromatic carbocycles. The largest absolute Gasteiger partial charge is 0.378 e. The van der Waals surface area contributed by atoms with Gasteiger partial charge < -0.3 is 24.8 Å². The molecule has 2 aromatic heterocycles. The van der Waals surface area contributed by atoms with Crippen LogP contribution in [0.5, 0.6) is 0 Å². The lowest BCUT2D eigenvalue weighted by Crippen LogP contribution is -2.42. The number of amides is 2. The molecule has 2 atom stereocenters. The van der Waals surface area contributed by atoms with Gasteiger partial charge in [-0.15, -0.1) is 0 Å². The van der Waals surface area contributed by atoms with Crippen LogP contribution in [-0.4, -0.2) is 100 Å². The minimum atomic E-state index is -0.317. The average molecular weight is 536 g/mol. The van der Waals surface area contributed by atoms with E-state index in [-0.39, 0.29) is 30.4 Å². The van der Waals surface area contributed by atoms with Gasteiger partial charge in [-0.1, -0.05) is 32.1 Å². The molecule has 2 aromatic rings. The monoisotopic (exact) mass is 535 g/mol. The fourth-order valence-electron chi connectivity index (χ4n) is 5.04. The predicted molar refractivity (Wildman–Crippen MR) is 152 cm³/mol. The summed E-state index contributed by atoms with van der Waals surface area (Å²) in [6.45, 7) is 7.15. The molecule has 4 heterocycles. The molecule has 0 saturated carbocycles. The van der Waals surface area contributed by atoms with Gasteiger partial charge in [-0.2, -0.15) is 0 Å². The van der Waals surface area contributed by atoms with E-state index in [1.807, 2.05) is 54.4 Å². The first-order valence-electron chi connectivity index (χ1n) is 14.0. The third kappa shape index (κ3) is 6.68. The fraction of sp³-hybridized carbons (Fsp3) is 0.517. The Hall–Kier alpha value is -3.66. The van der Waals surface area contributed by atoms with Gasteiger partial charge in [-0.05, 0) is 31.4 Å². The summed E-state index contributed by atoms with van der Waals surface area (Å²) in [5.41, 5.74) is 2.66. The summed E-state index contributed by atoms with van der Waals surface area (Å²) < 4.78 is 7.51. The number of fused-ring (bicyclic) bond motifs is 1. The molecule has 0 spiro atoms. The standard InChI is InChI=1S/C27H35N7O3.C2H6/c1-31(2)21-7-3-6-20(9-10-21)25-26(34-14-11-28-18-23(34)30-25)29-19-24(35)32-12-5-13-33(16-15-32)27(36)22-8-4-17-37-22;1-2/h3,6-7,9-11,14,18,20,22,29H,4-5,8,12-13,15-17,19H2,1-2H3;1-2H3. The van der Waals surface area contributed by atoms with Crippen LogP contribution in [0.3, 0.4) is 0 Å². The Morgan fingerprint density at radius 3 is 2.67 bits per heavy atom. The van der Waals surface area contributed by atoms with Crippen molar-refractivity contribution in [1.82, 2.24) is 29.1 Å². The van der Waals surface area contributed by atoms with Crippen molar-refractivity contribution in [2.75, 3.05) is 58.7 Å². The second-order valence-corrected chi connectivity index (χ2v) is 9.82. The maximum absolute atomic E-state index is 13.2. The highest BCUT2D eigenvalue weighted by atomic mass is 16.5. The Balaban J connectivity index is 0.00000172. The molecule has 1 aliphatic carbocycles. The van der Waals surface area contributed by atoms with Gasteiger partial charge in [0.25, 0.3) is 5.91 Å². The normalized spacial score (nSPS) is 21.1. The third-order valence-electron chi connectivity index (χ3n) is 7.12. The Labute approximate surface area is 231 Å². The lowest BCUT2D eigenvalue weighted by Gasteiger charge is -2.24. The van der Waals surface area contributed by atoms with E-state index in [2.05, 4.69) is 39.5 Å². The molecule has 10 nitrogen and oxygen atoms in total. The van der Waals surface area contributed by atoms with Crippen molar-refractivity contribution >= 4 is 23.3 Å². The highest BCUT2D eigenvalue weighted by Gasteiger charge is 2.30. The Kier molecular flexibility index (Phi) is 9.75. The zero-order chi connectivity index (χ0) is 27.8. The predicted octanol–water partition coefficient (Wildman–Crippen LogP) is 3.06. The van der Waals surface area contributed by atoms with Crippen molar-refractivity contribution in [3.63, 3.8) is 0 Å². The van der Waals surface area contributed by atoms with Gasteiger partial charge in [0, 0.05) is 70.9 Å². The molecule has 2 fully saturated rings. The summed E-state index contributed by atoms with van der Waals surface area (Å²) in [6, 6.07) is 0. The van der Waals surface area contributed by atoms with Crippen LogP contribution in [0.2, 0.25) is 0 Å². The molecular weight excluding hydrogens is 494 g/mol. The van der Waals surface area contributed by atoms with Crippen molar-refractivity contribution in [1.29, 1.82) is 0 Å². The van der Waals surface area contributed by atoms with Crippen molar-refractivity contribution in [2.45, 2.75) is 45.1 Å². The van der Waals surface area contributed by atoms with E-state index in [0.717, 1.165) is 42.1 Å². The van der Waals surface area contributed by atoms with Gasteiger partial charge in [0.2, 0.25) is 5.91 Å². The number of imidazole rings is 1. The van der Waals surface area contributed by atoms with E-state index >= 15 is 0 Å². The number of nitrogens with one attached hydrogen (secondary N) is 1. The van der Waals surface area contributed by atoms with Crippen molar-refractivity contribution in [2.24, 2.45) is 0 Å². The number of carbonyl (C=O) groups excluding carboxylic acids is 2. The Morgan fingerprint density at radius 1 is 1.10 bits per heavy atom. The van der Waals surface area contributed by atoms with Gasteiger partial charge in [-0.25, -0.2) is 4.98 Å². The lowest BCUT2D eigenvalue weighted by atomic mass is 10.0. The highest BCUT2D eigenvalue weighted by molar-refractivity contribution is 5.82. The first kappa shape index (κ1) is 28.4. The minimum absolute atomic E-state index is 0.00452. The number of hydrogen-bond acceptors (Lipinski definition) is 7. The van der Waals surface area contributed by atoms with Gasteiger partial charge >= 0.3 is 0 Å². The number of aromatic nitrogens is 3. The number of carbonyl (C=O) groups is 2.